The first-order valence-electron chi connectivity index (χ1n) is 5.57. The number of thiazole rings is 1. The molecule has 0 spiro atoms. The molecule has 3 rings (SSSR count). The van der Waals surface area contributed by atoms with Gasteiger partial charge < -0.3 is 5.32 Å². The van der Waals surface area contributed by atoms with Crippen LogP contribution in [0.4, 0.5) is 5.69 Å². The summed E-state index contributed by atoms with van der Waals surface area (Å²) in [6, 6.07) is 8.02. The molecular formula is C13H12N2OS. The van der Waals surface area contributed by atoms with Crippen LogP contribution in [0.2, 0.25) is 0 Å². The van der Waals surface area contributed by atoms with Crippen LogP contribution >= 0.6 is 11.3 Å². The predicted molar refractivity (Wildman–Crippen MR) is 68.4 cm³/mol. The van der Waals surface area contributed by atoms with E-state index in [0.29, 0.717) is 6.42 Å². The number of carbonyl (C=O) groups is 1. The zero-order chi connectivity index (χ0) is 11.7. The molecule has 4 heteroatoms. The second-order valence-electron chi connectivity index (χ2n) is 4.17. The minimum Gasteiger partial charge on any atom is -0.375 e. The van der Waals surface area contributed by atoms with Crippen LogP contribution in [-0.4, -0.2) is 16.8 Å². The van der Waals surface area contributed by atoms with Gasteiger partial charge >= 0.3 is 0 Å². The highest BCUT2D eigenvalue weighted by Gasteiger charge is 2.26. The van der Waals surface area contributed by atoms with Gasteiger partial charge in [0, 0.05) is 29.6 Å². The molecule has 1 aromatic heterocycles. The minimum absolute atomic E-state index is 0.0745. The molecule has 1 aromatic carbocycles. The monoisotopic (exact) mass is 244 g/mol. The van der Waals surface area contributed by atoms with Crippen LogP contribution in [0.3, 0.4) is 0 Å². The van der Waals surface area contributed by atoms with E-state index in [1.165, 1.54) is 16.9 Å². The Labute approximate surface area is 104 Å². The van der Waals surface area contributed by atoms with E-state index < -0.39 is 0 Å². The van der Waals surface area contributed by atoms with Crippen molar-refractivity contribution in [2.45, 2.75) is 18.9 Å². The van der Waals surface area contributed by atoms with Crippen LogP contribution in [0.1, 0.15) is 10.4 Å². The molecule has 2 aromatic rings. The number of carbonyl (C=O) groups excluding carboxylic acids is 1. The second kappa shape index (κ2) is 4.30. The lowest BCUT2D eigenvalue weighted by Crippen LogP contribution is -2.28. The van der Waals surface area contributed by atoms with E-state index >= 15 is 0 Å². The van der Waals surface area contributed by atoms with Crippen LogP contribution in [0.5, 0.6) is 0 Å². The van der Waals surface area contributed by atoms with Gasteiger partial charge in [-0.05, 0) is 11.6 Å². The molecule has 2 heterocycles. The molecule has 1 N–H and O–H groups in total. The zero-order valence-electron chi connectivity index (χ0n) is 9.22. The molecule has 1 unspecified atom stereocenters. The largest absolute Gasteiger partial charge is 0.375 e. The first kappa shape index (κ1) is 10.5. The summed E-state index contributed by atoms with van der Waals surface area (Å²) in [6.07, 6.45) is 3.05. The van der Waals surface area contributed by atoms with Gasteiger partial charge in [0.25, 0.3) is 0 Å². The third kappa shape index (κ3) is 2.08. The fourth-order valence-electron chi connectivity index (χ4n) is 2.12. The second-order valence-corrected chi connectivity index (χ2v) is 5.14. The van der Waals surface area contributed by atoms with E-state index in [-0.39, 0.29) is 11.8 Å². The Morgan fingerprint density at radius 2 is 2.35 bits per heavy atom. The maximum atomic E-state index is 12.1. The van der Waals surface area contributed by atoms with E-state index in [0.717, 1.165) is 17.0 Å². The van der Waals surface area contributed by atoms with E-state index in [2.05, 4.69) is 16.4 Å². The fourth-order valence-corrected chi connectivity index (χ4v) is 2.72. The number of nitrogens with zero attached hydrogens (tertiary/aromatic N) is 1. The van der Waals surface area contributed by atoms with E-state index in [4.69, 9.17) is 0 Å². The zero-order valence-corrected chi connectivity index (χ0v) is 10.0. The van der Waals surface area contributed by atoms with Crippen molar-refractivity contribution in [1.82, 2.24) is 4.98 Å². The molecule has 86 valence electrons. The average Bonchev–Trinajstić information content (AvgIpc) is 2.96. The van der Waals surface area contributed by atoms with Gasteiger partial charge in [-0.3, -0.25) is 9.78 Å². The third-order valence-corrected chi connectivity index (χ3v) is 3.77. The first-order valence-corrected chi connectivity index (χ1v) is 6.45. The van der Waals surface area contributed by atoms with Crippen molar-refractivity contribution in [2.24, 2.45) is 0 Å². The topological polar surface area (TPSA) is 42.0 Å². The molecule has 0 amide bonds. The number of Topliss-reactive ketones (excluding diaryl/α,β-unsaturated/α-hetero) is 1. The highest BCUT2D eigenvalue weighted by atomic mass is 32.1. The highest BCUT2D eigenvalue weighted by Crippen LogP contribution is 2.26. The lowest BCUT2D eigenvalue weighted by Gasteiger charge is -2.08. The molecule has 0 bridgehead atoms. The van der Waals surface area contributed by atoms with Crippen molar-refractivity contribution in [3.05, 3.63) is 46.4 Å². The van der Waals surface area contributed by atoms with Crippen molar-refractivity contribution in [3.8, 4) is 0 Å². The summed E-state index contributed by atoms with van der Waals surface area (Å²) in [5.74, 6) is 0.241. The molecule has 0 aliphatic carbocycles. The van der Waals surface area contributed by atoms with Gasteiger partial charge in [0.1, 0.15) is 0 Å². The maximum absolute atomic E-state index is 12.1. The molecule has 3 nitrogen and oxygen atoms in total. The van der Waals surface area contributed by atoms with Crippen molar-refractivity contribution >= 4 is 22.8 Å². The molecule has 0 saturated carbocycles. The van der Waals surface area contributed by atoms with Gasteiger partial charge in [-0.25, -0.2) is 0 Å². The average molecular weight is 244 g/mol. The lowest BCUT2D eigenvalue weighted by molar-refractivity contribution is -0.119. The smallest absolute Gasteiger partial charge is 0.160 e. The molecule has 0 fully saturated rings. The van der Waals surface area contributed by atoms with Gasteiger partial charge in [0.05, 0.1) is 11.6 Å². The number of fused-ring (bicyclic) bond motifs is 1. The molecule has 1 atom stereocenters. The third-order valence-electron chi connectivity index (χ3n) is 2.99. The van der Waals surface area contributed by atoms with Gasteiger partial charge in [0.2, 0.25) is 0 Å². The van der Waals surface area contributed by atoms with Crippen LogP contribution in [0.25, 0.3) is 0 Å². The van der Waals surface area contributed by atoms with Crippen molar-refractivity contribution < 1.29 is 4.79 Å². The number of rotatable bonds is 3. The Balaban J connectivity index is 1.70. The van der Waals surface area contributed by atoms with Crippen LogP contribution in [0, 0.1) is 0 Å². The summed E-state index contributed by atoms with van der Waals surface area (Å²) in [7, 11) is 0. The predicted octanol–water partition coefficient (Wildman–Crippen LogP) is 2.29. The van der Waals surface area contributed by atoms with Crippen LogP contribution in [0.15, 0.2) is 36.0 Å². The van der Waals surface area contributed by atoms with Gasteiger partial charge in [-0.2, -0.15) is 0 Å². The highest BCUT2D eigenvalue weighted by molar-refractivity contribution is 7.09. The van der Waals surface area contributed by atoms with E-state index in [9.17, 15) is 4.79 Å². The van der Waals surface area contributed by atoms with E-state index in [1.54, 1.807) is 11.7 Å². The molecule has 0 saturated heterocycles. The molecule has 0 radical (unpaired) electrons. The van der Waals surface area contributed by atoms with Gasteiger partial charge in [-0.15, -0.1) is 11.3 Å². The summed E-state index contributed by atoms with van der Waals surface area (Å²) in [5, 5.41) is 3.28. The van der Waals surface area contributed by atoms with E-state index in [1.807, 2.05) is 18.2 Å². The Kier molecular flexibility index (Phi) is 2.65. The molecule has 17 heavy (non-hydrogen) atoms. The first-order chi connectivity index (χ1) is 8.33. The van der Waals surface area contributed by atoms with Crippen LogP contribution < -0.4 is 5.32 Å². The Hall–Kier alpha value is -1.68. The summed E-state index contributed by atoms with van der Waals surface area (Å²) in [5.41, 5.74) is 4.09. The number of benzene rings is 1. The number of anilines is 1. The molecular weight excluding hydrogens is 232 g/mol. The van der Waals surface area contributed by atoms with Gasteiger partial charge in [0.15, 0.2) is 5.78 Å². The summed E-state index contributed by atoms with van der Waals surface area (Å²) in [4.78, 5) is 17.1. The van der Waals surface area contributed by atoms with Crippen molar-refractivity contribution in [1.29, 1.82) is 0 Å². The van der Waals surface area contributed by atoms with Crippen molar-refractivity contribution in [2.75, 3.05) is 5.32 Å². The van der Waals surface area contributed by atoms with Gasteiger partial charge in [-0.1, -0.05) is 18.2 Å². The number of ketones is 1. The molecule has 1 aliphatic heterocycles. The maximum Gasteiger partial charge on any atom is 0.160 e. The number of hydrogen-bond donors (Lipinski definition) is 1. The number of nitrogens with one attached hydrogen (secondary N) is 1. The fraction of sp³-hybridized carbons (Fsp3) is 0.231. The van der Waals surface area contributed by atoms with Crippen molar-refractivity contribution in [3.63, 3.8) is 0 Å². The SMILES string of the molecule is O=C(Cc1cncs1)C1Cc2ccccc2N1. The quantitative estimate of drug-likeness (QED) is 0.900. The van der Waals surface area contributed by atoms with Crippen LogP contribution in [-0.2, 0) is 17.6 Å². The minimum atomic E-state index is -0.0745. The normalized spacial score (nSPS) is 17.5. The molecule has 1 aliphatic rings. The number of hydrogen-bond acceptors (Lipinski definition) is 4. The Bertz CT molecular complexity index is 511. The summed E-state index contributed by atoms with van der Waals surface area (Å²) >= 11 is 1.53. The number of para-hydroxylation sites is 1. The lowest BCUT2D eigenvalue weighted by atomic mass is 10.0. The summed E-state index contributed by atoms with van der Waals surface area (Å²) < 4.78 is 0. The Morgan fingerprint density at radius 1 is 1.47 bits per heavy atom. The Morgan fingerprint density at radius 3 is 3.12 bits per heavy atom. The number of aromatic nitrogens is 1. The summed E-state index contributed by atoms with van der Waals surface area (Å²) in [6.45, 7) is 0. The standard InChI is InChI=1S/C13H12N2OS/c16-13(6-10-7-14-8-17-10)12-5-9-3-1-2-4-11(9)15-12/h1-4,7-8,12,15H,5-6H2.